The Morgan fingerprint density at radius 2 is 2.06 bits per heavy atom. The lowest BCUT2D eigenvalue weighted by Gasteiger charge is -2.17. The fourth-order valence-electron chi connectivity index (χ4n) is 2.12. The fourth-order valence-corrected chi connectivity index (χ4v) is 2.12. The van der Waals surface area contributed by atoms with Gasteiger partial charge in [0.2, 0.25) is 0 Å². The molecule has 0 spiro atoms. The highest BCUT2D eigenvalue weighted by Crippen LogP contribution is 2.30. The normalized spacial score (nSPS) is 23.6. The van der Waals surface area contributed by atoms with Crippen molar-refractivity contribution in [2.45, 2.75) is 12.5 Å². The Morgan fingerprint density at radius 3 is 2.69 bits per heavy atom. The van der Waals surface area contributed by atoms with Crippen LogP contribution in [-0.2, 0) is 9.53 Å². The molecule has 1 aliphatic rings. The molecule has 3 nitrogen and oxygen atoms in total. The summed E-state index contributed by atoms with van der Waals surface area (Å²) < 4.78 is 4.81. The number of hydrogen-bond donors (Lipinski definition) is 1. The van der Waals surface area contributed by atoms with Crippen molar-refractivity contribution in [1.82, 2.24) is 5.32 Å². The third-order valence-electron chi connectivity index (χ3n) is 2.88. The van der Waals surface area contributed by atoms with Crippen molar-refractivity contribution in [1.29, 1.82) is 0 Å². The molecule has 0 bridgehead atoms. The van der Waals surface area contributed by atoms with E-state index in [4.69, 9.17) is 4.74 Å². The van der Waals surface area contributed by atoms with Crippen LogP contribution in [0.25, 0.3) is 0 Å². The summed E-state index contributed by atoms with van der Waals surface area (Å²) in [7, 11) is 1.45. The van der Waals surface area contributed by atoms with Crippen LogP contribution in [0.5, 0.6) is 0 Å². The fraction of sp³-hybridized carbons (Fsp3) is 0.417. The van der Waals surface area contributed by atoms with E-state index in [1.807, 2.05) is 30.3 Å². The number of ether oxygens (including phenoxy) is 1. The Bertz CT molecular complexity index is 342. The number of benzene rings is 1. The minimum absolute atomic E-state index is 0. The molecule has 1 N–H and O–H groups in total. The summed E-state index contributed by atoms with van der Waals surface area (Å²) in [6, 6.07) is 10.1. The number of halogens is 1. The van der Waals surface area contributed by atoms with Crippen molar-refractivity contribution in [2.24, 2.45) is 5.92 Å². The molecular weight excluding hydrogens is 226 g/mol. The van der Waals surface area contributed by atoms with Crippen LogP contribution in [-0.4, -0.2) is 19.6 Å². The monoisotopic (exact) mass is 241 g/mol. The predicted molar refractivity (Wildman–Crippen MR) is 64.6 cm³/mol. The molecule has 88 valence electrons. The molecule has 2 rings (SSSR count). The minimum Gasteiger partial charge on any atom is -0.469 e. The average molecular weight is 242 g/mol. The molecule has 2 atom stereocenters. The van der Waals surface area contributed by atoms with Crippen molar-refractivity contribution in [3.63, 3.8) is 0 Å². The summed E-state index contributed by atoms with van der Waals surface area (Å²) in [6.07, 6.45) is 0.853. The van der Waals surface area contributed by atoms with E-state index in [9.17, 15) is 4.79 Å². The number of hydrogen-bond acceptors (Lipinski definition) is 3. The third-order valence-corrected chi connectivity index (χ3v) is 2.88. The van der Waals surface area contributed by atoms with Gasteiger partial charge in [0.15, 0.2) is 0 Å². The van der Waals surface area contributed by atoms with Crippen molar-refractivity contribution in [2.75, 3.05) is 13.7 Å². The Balaban J connectivity index is 0.00000128. The Kier molecular flexibility index (Phi) is 4.77. The van der Waals surface area contributed by atoms with Crippen LogP contribution in [0.3, 0.4) is 0 Å². The van der Waals surface area contributed by atoms with Gasteiger partial charge in [0, 0.05) is 6.04 Å². The Hall–Kier alpha value is -1.06. The van der Waals surface area contributed by atoms with Gasteiger partial charge in [-0.15, -0.1) is 12.4 Å². The second-order valence-electron chi connectivity index (χ2n) is 3.76. The molecular formula is C12H16ClNO2. The summed E-state index contributed by atoms with van der Waals surface area (Å²) in [5.41, 5.74) is 1.16. The van der Waals surface area contributed by atoms with Gasteiger partial charge in [0.1, 0.15) is 0 Å². The third kappa shape index (κ3) is 2.54. The van der Waals surface area contributed by atoms with Crippen LogP contribution in [0, 0.1) is 5.92 Å². The molecule has 1 aromatic carbocycles. The molecule has 1 fully saturated rings. The predicted octanol–water partition coefficient (Wildman–Crippen LogP) is 1.93. The first kappa shape index (κ1) is 13.0. The number of methoxy groups -OCH3 is 1. The Morgan fingerprint density at radius 1 is 1.38 bits per heavy atom. The summed E-state index contributed by atoms with van der Waals surface area (Å²) in [6.45, 7) is 0.874. The quantitative estimate of drug-likeness (QED) is 0.805. The molecule has 1 aliphatic heterocycles. The average Bonchev–Trinajstić information content (AvgIpc) is 2.78. The minimum atomic E-state index is -0.117. The van der Waals surface area contributed by atoms with Crippen molar-refractivity contribution < 1.29 is 9.53 Å². The van der Waals surface area contributed by atoms with Crippen molar-refractivity contribution in [3.05, 3.63) is 35.9 Å². The summed E-state index contributed by atoms with van der Waals surface area (Å²) in [4.78, 5) is 11.5. The van der Waals surface area contributed by atoms with Gasteiger partial charge >= 0.3 is 5.97 Å². The van der Waals surface area contributed by atoms with Crippen LogP contribution in [0.2, 0.25) is 0 Å². The largest absolute Gasteiger partial charge is 0.469 e. The van der Waals surface area contributed by atoms with Crippen LogP contribution in [0.1, 0.15) is 18.0 Å². The lowest BCUT2D eigenvalue weighted by molar-refractivity contribution is -0.145. The molecule has 4 heteroatoms. The molecule has 0 aromatic heterocycles. The molecule has 16 heavy (non-hydrogen) atoms. The number of carbonyl (C=O) groups is 1. The summed E-state index contributed by atoms with van der Waals surface area (Å²) in [5, 5.41) is 3.34. The van der Waals surface area contributed by atoms with E-state index in [0.29, 0.717) is 0 Å². The lowest BCUT2D eigenvalue weighted by atomic mass is 9.94. The highest BCUT2D eigenvalue weighted by Gasteiger charge is 2.34. The molecule has 1 aromatic rings. The topological polar surface area (TPSA) is 38.3 Å². The zero-order valence-electron chi connectivity index (χ0n) is 9.18. The maximum absolute atomic E-state index is 11.5. The first-order valence-electron chi connectivity index (χ1n) is 5.19. The van der Waals surface area contributed by atoms with Gasteiger partial charge in [-0.2, -0.15) is 0 Å². The van der Waals surface area contributed by atoms with Crippen molar-refractivity contribution in [3.8, 4) is 0 Å². The highest BCUT2D eigenvalue weighted by atomic mass is 35.5. The molecule has 0 amide bonds. The van der Waals surface area contributed by atoms with E-state index in [0.717, 1.165) is 18.5 Å². The van der Waals surface area contributed by atoms with Gasteiger partial charge < -0.3 is 10.1 Å². The molecule has 0 unspecified atom stereocenters. The lowest BCUT2D eigenvalue weighted by Crippen LogP contribution is -2.24. The second kappa shape index (κ2) is 5.87. The van der Waals surface area contributed by atoms with Gasteiger partial charge in [-0.05, 0) is 18.5 Å². The number of nitrogens with one attached hydrogen (secondary N) is 1. The molecule has 0 radical (unpaired) electrons. The van der Waals surface area contributed by atoms with E-state index in [1.54, 1.807) is 0 Å². The summed E-state index contributed by atoms with van der Waals surface area (Å²) >= 11 is 0. The zero-order valence-corrected chi connectivity index (χ0v) is 10.00. The number of carbonyl (C=O) groups excluding carboxylic acids is 1. The molecule has 1 heterocycles. The van der Waals surface area contributed by atoms with E-state index < -0.39 is 0 Å². The zero-order chi connectivity index (χ0) is 10.7. The Labute approximate surface area is 102 Å². The van der Waals surface area contributed by atoms with Crippen LogP contribution in [0.15, 0.2) is 30.3 Å². The van der Waals surface area contributed by atoms with E-state index in [-0.39, 0.29) is 30.3 Å². The standard InChI is InChI=1S/C12H15NO2.ClH/c1-15-12(14)10-7-8-13-11(10)9-5-3-2-4-6-9;/h2-6,10-11,13H,7-8H2,1H3;1H/t10-,11+;/m1./s1. The first-order valence-corrected chi connectivity index (χ1v) is 5.19. The maximum Gasteiger partial charge on any atom is 0.310 e. The smallest absolute Gasteiger partial charge is 0.310 e. The van der Waals surface area contributed by atoms with E-state index in [1.165, 1.54) is 7.11 Å². The van der Waals surface area contributed by atoms with Gasteiger partial charge in [-0.3, -0.25) is 4.79 Å². The van der Waals surface area contributed by atoms with E-state index in [2.05, 4.69) is 5.32 Å². The highest BCUT2D eigenvalue weighted by molar-refractivity contribution is 5.85. The molecule has 0 aliphatic carbocycles. The van der Waals surface area contributed by atoms with Crippen molar-refractivity contribution >= 4 is 18.4 Å². The first-order chi connectivity index (χ1) is 7.33. The van der Waals surface area contributed by atoms with Crippen LogP contribution in [0.4, 0.5) is 0 Å². The van der Waals surface area contributed by atoms with Crippen LogP contribution < -0.4 is 5.32 Å². The van der Waals surface area contributed by atoms with Gasteiger partial charge in [0.25, 0.3) is 0 Å². The maximum atomic E-state index is 11.5. The number of rotatable bonds is 2. The molecule has 1 saturated heterocycles. The van der Waals surface area contributed by atoms with Gasteiger partial charge in [-0.25, -0.2) is 0 Å². The van der Waals surface area contributed by atoms with E-state index >= 15 is 0 Å². The number of esters is 1. The van der Waals surface area contributed by atoms with Gasteiger partial charge in [0.05, 0.1) is 13.0 Å². The van der Waals surface area contributed by atoms with Gasteiger partial charge in [-0.1, -0.05) is 30.3 Å². The molecule has 0 saturated carbocycles. The SMILES string of the molecule is COC(=O)[C@@H]1CCN[C@H]1c1ccccc1.Cl. The second-order valence-corrected chi connectivity index (χ2v) is 3.76. The summed E-state index contributed by atoms with van der Waals surface area (Å²) in [5.74, 6) is -0.161. The van der Waals surface area contributed by atoms with Crippen LogP contribution >= 0.6 is 12.4 Å².